The summed E-state index contributed by atoms with van der Waals surface area (Å²) in [7, 11) is 0. The lowest BCUT2D eigenvalue weighted by Gasteiger charge is -2.08. The first-order valence-electron chi connectivity index (χ1n) is 10.4. The van der Waals surface area contributed by atoms with Crippen LogP contribution in [0.3, 0.4) is 0 Å². The summed E-state index contributed by atoms with van der Waals surface area (Å²) in [6.45, 7) is 16.4. The summed E-state index contributed by atoms with van der Waals surface area (Å²) in [5, 5.41) is 0. The Morgan fingerprint density at radius 1 is 0.571 bits per heavy atom. The van der Waals surface area contributed by atoms with Crippen molar-refractivity contribution in [1.29, 1.82) is 0 Å². The van der Waals surface area contributed by atoms with E-state index in [2.05, 4.69) is 0 Å². The molecule has 0 saturated carbocycles. The molecule has 0 saturated heterocycles. The van der Waals surface area contributed by atoms with E-state index in [0.717, 1.165) is 0 Å². The van der Waals surface area contributed by atoms with Gasteiger partial charge in [0.25, 0.3) is 0 Å². The van der Waals surface area contributed by atoms with Crippen molar-refractivity contribution in [2.24, 2.45) is 5.73 Å². The fraction of sp³-hybridized carbons (Fsp3) is 0.950. The molecular weight excluding hydrogens is 366 g/mol. The summed E-state index contributed by atoms with van der Waals surface area (Å²) in [5.41, 5.74) is 5.29. The molecule has 8 nitrogen and oxygen atoms in total. The van der Waals surface area contributed by atoms with Crippen LogP contribution in [0.15, 0.2) is 0 Å². The molecule has 0 aliphatic heterocycles. The molecular formula is C20H47NO7. The molecule has 0 aliphatic carbocycles. The van der Waals surface area contributed by atoms with Crippen molar-refractivity contribution in [3.05, 3.63) is 0 Å². The molecule has 0 aliphatic rings. The minimum Gasteiger partial charge on any atom is -0.379 e. The van der Waals surface area contributed by atoms with Gasteiger partial charge in [-0.05, 0) is 6.92 Å². The van der Waals surface area contributed by atoms with Gasteiger partial charge in [0.05, 0.1) is 79.3 Å². The predicted molar refractivity (Wildman–Crippen MR) is 114 cm³/mol. The Balaban J connectivity index is -0.000000584. The lowest BCUT2D eigenvalue weighted by atomic mass is 10.3. The van der Waals surface area contributed by atoms with Crippen LogP contribution in [0.1, 0.15) is 42.5 Å². The van der Waals surface area contributed by atoms with E-state index in [1.165, 1.54) is 0 Å². The van der Waals surface area contributed by atoms with E-state index in [0.29, 0.717) is 92.2 Å². The van der Waals surface area contributed by atoms with Gasteiger partial charge < -0.3 is 34.2 Å². The van der Waals surface area contributed by atoms with Crippen molar-refractivity contribution in [2.45, 2.75) is 41.0 Å². The summed E-state index contributed by atoms with van der Waals surface area (Å²) >= 11 is 0. The third-order valence-corrected chi connectivity index (χ3v) is 2.72. The van der Waals surface area contributed by atoms with Crippen LogP contribution >= 0.6 is 0 Å². The van der Waals surface area contributed by atoms with Gasteiger partial charge in [-0.25, -0.2) is 0 Å². The number of ether oxygens (including phenoxy) is 6. The second-order valence-corrected chi connectivity index (χ2v) is 4.91. The fourth-order valence-corrected chi connectivity index (χ4v) is 1.50. The smallest absolute Gasteiger partial charge is 0.132 e. The normalized spacial score (nSPS) is 9.93. The molecule has 0 fully saturated rings. The fourth-order valence-electron chi connectivity index (χ4n) is 1.50. The van der Waals surface area contributed by atoms with Crippen LogP contribution in [0.2, 0.25) is 0 Å². The number of ketones is 1. The van der Waals surface area contributed by atoms with Crippen molar-refractivity contribution in [3.63, 3.8) is 0 Å². The minimum absolute atomic E-state index is 0. The van der Waals surface area contributed by atoms with E-state index in [1.807, 2.05) is 27.7 Å². The van der Waals surface area contributed by atoms with E-state index in [4.69, 9.17) is 34.2 Å². The predicted octanol–water partition coefficient (Wildman–Crippen LogP) is 2.32. The van der Waals surface area contributed by atoms with Crippen LogP contribution in [-0.4, -0.2) is 91.6 Å². The van der Waals surface area contributed by atoms with Crippen molar-refractivity contribution in [3.8, 4) is 0 Å². The van der Waals surface area contributed by atoms with Gasteiger partial charge in [-0.15, -0.1) is 0 Å². The SMILES string of the molecule is CC.CC.CC(=O)CCOCCOCCOCCOCCOCCOCCN.[HH]. The Kier molecular flexibility index (Phi) is 38.9. The Bertz CT molecular complexity index is 275. The molecule has 0 radical (unpaired) electrons. The largest absolute Gasteiger partial charge is 0.379 e. The highest BCUT2D eigenvalue weighted by molar-refractivity contribution is 5.75. The number of carbonyl (C=O) groups is 1. The molecule has 174 valence electrons. The highest BCUT2D eigenvalue weighted by Crippen LogP contribution is 1.86. The van der Waals surface area contributed by atoms with Crippen LogP contribution in [0.4, 0.5) is 0 Å². The molecule has 0 aromatic carbocycles. The van der Waals surface area contributed by atoms with E-state index >= 15 is 0 Å². The van der Waals surface area contributed by atoms with Gasteiger partial charge in [-0.3, -0.25) is 4.79 Å². The number of rotatable bonds is 20. The zero-order valence-corrected chi connectivity index (χ0v) is 18.8. The van der Waals surface area contributed by atoms with E-state index in [1.54, 1.807) is 6.92 Å². The quantitative estimate of drug-likeness (QED) is 0.304. The van der Waals surface area contributed by atoms with Crippen molar-refractivity contribution >= 4 is 5.78 Å². The Hall–Kier alpha value is -0.610. The molecule has 0 amide bonds. The van der Waals surface area contributed by atoms with Gasteiger partial charge in [0.1, 0.15) is 5.78 Å². The van der Waals surface area contributed by atoms with Crippen LogP contribution in [0.5, 0.6) is 0 Å². The summed E-state index contributed by atoms with van der Waals surface area (Å²) in [6.07, 6.45) is 0.455. The molecule has 0 unspecified atom stereocenters. The number of carbonyl (C=O) groups excluding carboxylic acids is 1. The highest BCUT2D eigenvalue weighted by Gasteiger charge is 1.95. The Morgan fingerprint density at radius 2 is 0.821 bits per heavy atom. The molecule has 0 bridgehead atoms. The van der Waals surface area contributed by atoms with E-state index in [9.17, 15) is 4.79 Å². The average Bonchev–Trinajstić information content (AvgIpc) is 2.72. The minimum atomic E-state index is 0. The number of hydrogen-bond acceptors (Lipinski definition) is 8. The monoisotopic (exact) mass is 413 g/mol. The summed E-state index contributed by atoms with van der Waals surface area (Å²) in [6, 6.07) is 0. The molecule has 0 rings (SSSR count). The average molecular weight is 414 g/mol. The summed E-state index contributed by atoms with van der Waals surface area (Å²) < 4.78 is 31.7. The Morgan fingerprint density at radius 3 is 1.07 bits per heavy atom. The summed E-state index contributed by atoms with van der Waals surface area (Å²) in [5.74, 6) is 0.134. The summed E-state index contributed by atoms with van der Waals surface area (Å²) in [4.78, 5) is 10.7. The molecule has 0 aromatic rings. The van der Waals surface area contributed by atoms with Crippen LogP contribution in [-0.2, 0) is 33.2 Å². The maximum absolute atomic E-state index is 10.7. The van der Waals surface area contributed by atoms with Crippen LogP contribution < -0.4 is 5.73 Å². The first-order chi connectivity index (χ1) is 13.8. The first-order valence-corrected chi connectivity index (χ1v) is 10.4. The zero-order valence-electron chi connectivity index (χ0n) is 18.8. The van der Waals surface area contributed by atoms with E-state index < -0.39 is 0 Å². The second-order valence-electron chi connectivity index (χ2n) is 4.91. The third kappa shape index (κ3) is 36.3. The van der Waals surface area contributed by atoms with Gasteiger partial charge in [0.15, 0.2) is 0 Å². The zero-order chi connectivity index (χ0) is 21.7. The van der Waals surface area contributed by atoms with Gasteiger partial charge >= 0.3 is 0 Å². The van der Waals surface area contributed by atoms with Gasteiger partial charge in [0, 0.05) is 14.4 Å². The standard InChI is InChI=1S/C16H33NO7.2C2H6.H2/c1-16(18)2-4-19-6-8-21-10-12-23-14-15-24-13-11-22-9-7-20-5-3-17;2*1-2;/h2-15,17H2,1H3;2*1-2H3;1H. The molecule has 0 atom stereocenters. The number of Topliss-reactive ketones (excluding diaryl/α,β-unsaturated/α-hetero) is 1. The number of nitrogens with two attached hydrogens (primary N) is 1. The van der Waals surface area contributed by atoms with Crippen molar-refractivity contribution < 1.29 is 34.6 Å². The topological polar surface area (TPSA) is 98.5 Å². The lowest BCUT2D eigenvalue weighted by molar-refractivity contribution is -0.118. The van der Waals surface area contributed by atoms with Crippen molar-refractivity contribution in [2.75, 3.05) is 85.8 Å². The lowest BCUT2D eigenvalue weighted by Crippen LogP contribution is -2.15. The van der Waals surface area contributed by atoms with Gasteiger partial charge in [-0.1, -0.05) is 27.7 Å². The first kappa shape index (κ1) is 32.1. The maximum atomic E-state index is 10.7. The maximum Gasteiger partial charge on any atom is 0.132 e. The third-order valence-electron chi connectivity index (χ3n) is 2.72. The highest BCUT2D eigenvalue weighted by atomic mass is 16.6. The second kappa shape index (κ2) is 33.9. The Labute approximate surface area is 173 Å². The molecule has 0 spiro atoms. The van der Waals surface area contributed by atoms with Crippen LogP contribution in [0, 0.1) is 0 Å². The van der Waals surface area contributed by atoms with Crippen LogP contribution in [0.25, 0.3) is 0 Å². The van der Waals surface area contributed by atoms with Gasteiger partial charge in [0.2, 0.25) is 0 Å². The molecule has 2 N–H and O–H groups in total. The molecule has 8 heteroatoms. The van der Waals surface area contributed by atoms with E-state index in [-0.39, 0.29) is 7.21 Å². The molecule has 28 heavy (non-hydrogen) atoms. The number of hydrogen-bond donors (Lipinski definition) is 1. The molecule has 0 heterocycles. The van der Waals surface area contributed by atoms with Crippen molar-refractivity contribution in [1.82, 2.24) is 0 Å². The van der Waals surface area contributed by atoms with Gasteiger partial charge in [-0.2, -0.15) is 0 Å². The molecule has 0 aromatic heterocycles.